The zero-order valence-electron chi connectivity index (χ0n) is 6.94. The summed E-state index contributed by atoms with van der Waals surface area (Å²) >= 11 is 0. The minimum atomic E-state index is -2.87. The molecule has 0 fully saturated rings. The van der Waals surface area contributed by atoms with E-state index in [9.17, 15) is 8.78 Å². The van der Waals surface area contributed by atoms with E-state index >= 15 is 0 Å². The lowest BCUT2D eigenvalue weighted by Gasteiger charge is -2.14. The van der Waals surface area contributed by atoms with Crippen LogP contribution in [0.1, 0.15) is 13.8 Å². The largest absolute Gasteiger partial charge is 0.375 e. The maximum absolute atomic E-state index is 12.4. The Morgan fingerprint density at radius 3 is 2.36 bits per heavy atom. The molecule has 0 aromatic rings. The van der Waals surface area contributed by atoms with Crippen LogP contribution in [-0.2, 0) is 4.74 Å². The van der Waals surface area contributed by atoms with E-state index in [1.165, 1.54) is 0 Å². The van der Waals surface area contributed by atoms with Gasteiger partial charge in [0, 0.05) is 6.61 Å². The second-order valence-corrected chi connectivity index (χ2v) is 2.97. The molecule has 2 N–H and O–H groups in total. The van der Waals surface area contributed by atoms with Gasteiger partial charge in [0.05, 0.1) is 6.54 Å². The summed E-state index contributed by atoms with van der Waals surface area (Å²) in [6.07, 6.45) is 0. The van der Waals surface area contributed by atoms with Crippen molar-refractivity contribution in [2.75, 3.05) is 19.8 Å². The molecule has 0 radical (unpaired) electrons. The summed E-state index contributed by atoms with van der Waals surface area (Å²) in [4.78, 5) is 0. The molecule has 0 aliphatic rings. The fourth-order valence-corrected chi connectivity index (χ4v) is 0.503. The smallest absolute Gasteiger partial charge is 0.282 e. The Morgan fingerprint density at radius 1 is 1.45 bits per heavy atom. The average molecular weight is 167 g/mol. The normalized spacial score (nSPS) is 12.5. The van der Waals surface area contributed by atoms with E-state index in [0.29, 0.717) is 6.61 Å². The zero-order valence-corrected chi connectivity index (χ0v) is 6.94. The van der Waals surface area contributed by atoms with Gasteiger partial charge in [-0.25, -0.2) is 8.78 Å². The van der Waals surface area contributed by atoms with Crippen LogP contribution >= 0.6 is 0 Å². The Morgan fingerprint density at radius 2 is 2.00 bits per heavy atom. The molecule has 11 heavy (non-hydrogen) atoms. The molecule has 0 saturated heterocycles. The Bertz CT molecular complexity index is 107. The quantitative estimate of drug-likeness (QED) is 0.668. The number of ether oxygens (including phenoxy) is 1. The summed E-state index contributed by atoms with van der Waals surface area (Å²) in [6.45, 7) is 2.95. The highest BCUT2D eigenvalue weighted by atomic mass is 19.3. The van der Waals surface area contributed by atoms with E-state index in [2.05, 4.69) is 0 Å². The van der Waals surface area contributed by atoms with Gasteiger partial charge < -0.3 is 10.5 Å². The minimum absolute atomic E-state index is 0.281. The molecule has 0 aliphatic heterocycles. The van der Waals surface area contributed by atoms with Gasteiger partial charge in [0.1, 0.15) is 6.61 Å². The molecule has 0 saturated carbocycles. The highest BCUT2D eigenvalue weighted by molar-refractivity contribution is 4.64. The first-order valence-electron chi connectivity index (χ1n) is 3.63. The van der Waals surface area contributed by atoms with Crippen LogP contribution < -0.4 is 5.73 Å². The van der Waals surface area contributed by atoms with Crippen LogP contribution in [0.4, 0.5) is 8.78 Å². The second kappa shape index (κ2) is 4.62. The van der Waals surface area contributed by atoms with Crippen molar-refractivity contribution in [2.45, 2.75) is 19.8 Å². The lowest BCUT2D eigenvalue weighted by molar-refractivity contribution is -0.0739. The molecule has 4 heteroatoms. The molecule has 0 heterocycles. The van der Waals surface area contributed by atoms with Gasteiger partial charge in [-0.1, -0.05) is 13.8 Å². The molecule has 2 nitrogen and oxygen atoms in total. The lowest BCUT2D eigenvalue weighted by Crippen LogP contribution is -2.33. The van der Waals surface area contributed by atoms with Crippen LogP contribution in [-0.4, -0.2) is 25.7 Å². The van der Waals surface area contributed by atoms with Gasteiger partial charge in [0.15, 0.2) is 0 Å². The summed E-state index contributed by atoms with van der Waals surface area (Å²) < 4.78 is 29.4. The Kier molecular flexibility index (Phi) is 4.52. The molecule has 0 rings (SSSR count). The van der Waals surface area contributed by atoms with E-state index in [-0.39, 0.29) is 5.92 Å². The molecule has 0 unspecified atom stereocenters. The molecule has 0 amide bonds. The van der Waals surface area contributed by atoms with Crippen LogP contribution in [0.15, 0.2) is 0 Å². The number of hydrogen-bond acceptors (Lipinski definition) is 2. The Balaban J connectivity index is 3.38. The van der Waals surface area contributed by atoms with E-state index in [1.54, 1.807) is 0 Å². The number of alkyl halides is 2. The highest BCUT2D eigenvalue weighted by Crippen LogP contribution is 2.11. The van der Waals surface area contributed by atoms with Crippen molar-refractivity contribution in [3.8, 4) is 0 Å². The van der Waals surface area contributed by atoms with Gasteiger partial charge in [0.2, 0.25) is 0 Å². The fraction of sp³-hybridized carbons (Fsp3) is 1.00. The predicted octanol–water partition coefficient (Wildman–Crippen LogP) is 1.25. The van der Waals surface area contributed by atoms with Crippen molar-refractivity contribution in [3.05, 3.63) is 0 Å². The molecule has 0 atom stereocenters. The third kappa shape index (κ3) is 6.19. The molecule has 0 aliphatic carbocycles. The second-order valence-electron chi connectivity index (χ2n) is 2.97. The number of halogens is 2. The van der Waals surface area contributed by atoms with Crippen molar-refractivity contribution in [1.82, 2.24) is 0 Å². The molecular weight excluding hydrogens is 152 g/mol. The SMILES string of the molecule is CC(C)COCC(F)(F)CN. The zero-order chi connectivity index (χ0) is 8.91. The van der Waals surface area contributed by atoms with Gasteiger partial charge >= 0.3 is 0 Å². The van der Waals surface area contributed by atoms with Crippen molar-refractivity contribution in [3.63, 3.8) is 0 Å². The number of hydrogen-bond donors (Lipinski definition) is 1. The van der Waals surface area contributed by atoms with Crippen LogP contribution in [0, 0.1) is 5.92 Å². The van der Waals surface area contributed by atoms with Crippen molar-refractivity contribution in [1.29, 1.82) is 0 Å². The molecule has 0 aromatic carbocycles. The monoisotopic (exact) mass is 167 g/mol. The Labute approximate surface area is 65.7 Å². The van der Waals surface area contributed by atoms with Gasteiger partial charge in [-0.15, -0.1) is 0 Å². The predicted molar refractivity (Wildman–Crippen MR) is 39.7 cm³/mol. The highest BCUT2D eigenvalue weighted by Gasteiger charge is 2.26. The van der Waals surface area contributed by atoms with Gasteiger partial charge in [-0.3, -0.25) is 0 Å². The first-order chi connectivity index (χ1) is 4.98. The topological polar surface area (TPSA) is 35.2 Å². The van der Waals surface area contributed by atoms with Crippen molar-refractivity contribution >= 4 is 0 Å². The number of nitrogens with two attached hydrogens (primary N) is 1. The summed E-state index contributed by atoms with van der Waals surface area (Å²) in [7, 11) is 0. The lowest BCUT2D eigenvalue weighted by atomic mass is 10.2. The maximum atomic E-state index is 12.4. The standard InChI is InChI=1S/C7H15F2NO/c1-6(2)3-11-5-7(8,9)4-10/h6H,3-5,10H2,1-2H3. The minimum Gasteiger partial charge on any atom is -0.375 e. The fourth-order valence-electron chi connectivity index (χ4n) is 0.503. The van der Waals surface area contributed by atoms with Gasteiger partial charge in [-0.05, 0) is 5.92 Å². The maximum Gasteiger partial charge on any atom is 0.282 e. The molecule has 68 valence electrons. The summed E-state index contributed by atoms with van der Waals surface area (Å²) in [5, 5.41) is 0. The molecule has 0 aromatic heterocycles. The van der Waals surface area contributed by atoms with Crippen LogP contribution in [0.2, 0.25) is 0 Å². The number of rotatable bonds is 5. The van der Waals surface area contributed by atoms with Crippen molar-refractivity contribution in [2.24, 2.45) is 11.7 Å². The van der Waals surface area contributed by atoms with Crippen LogP contribution in [0.5, 0.6) is 0 Å². The molecule has 0 spiro atoms. The van der Waals surface area contributed by atoms with E-state index in [4.69, 9.17) is 10.5 Å². The summed E-state index contributed by atoms with van der Waals surface area (Å²) in [5.41, 5.74) is 4.79. The summed E-state index contributed by atoms with van der Waals surface area (Å²) in [5.74, 6) is -2.59. The third-order valence-electron chi connectivity index (χ3n) is 1.06. The molecular formula is C7H15F2NO. The van der Waals surface area contributed by atoms with E-state index < -0.39 is 19.1 Å². The average Bonchev–Trinajstić information content (AvgIpc) is 1.87. The molecule has 0 bridgehead atoms. The first-order valence-corrected chi connectivity index (χ1v) is 3.63. The third-order valence-corrected chi connectivity index (χ3v) is 1.06. The van der Waals surface area contributed by atoms with Crippen LogP contribution in [0.3, 0.4) is 0 Å². The van der Waals surface area contributed by atoms with Gasteiger partial charge in [-0.2, -0.15) is 0 Å². The first kappa shape index (κ1) is 10.8. The van der Waals surface area contributed by atoms with Gasteiger partial charge in [0.25, 0.3) is 5.92 Å². The van der Waals surface area contributed by atoms with E-state index in [0.717, 1.165) is 0 Å². The summed E-state index contributed by atoms with van der Waals surface area (Å²) in [6, 6.07) is 0. The Hall–Kier alpha value is -0.220. The van der Waals surface area contributed by atoms with Crippen molar-refractivity contribution < 1.29 is 13.5 Å². The van der Waals surface area contributed by atoms with E-state index in [1.807, 2.05) is 13.8 Å². The van der Waals surface area contributed by atoms with Crippen LogP contribution in [0.25, 0.3) is 0 Å².